The van der Waals surface area contributed by atoms with Crippen molar-refractivity contribution in [1.29, 1.82) is 0 Å². The van der Waals surface area contributed by atoms with E-state index in [-0.39, 0.29) is 6.71 Å². The monoisotopic (exact) mass is 434 g/mol. The quantitative estimate of drug-likeness (QED) is 0.188. The van der Waals surface area contributed by atoms with Crippen LogP contribution in [0.5, 0.6) is 0 Å². The van der Waals surface area contributed by atoms with E-state index in [2.05, 4.69) is 141 Å². The van der Waals surface area contributed by atoms with Gasteiger partial charge < -0.3 is 0 Å². The Hall–Kier alpha value is -2.89. The van der Waals surface area contributed by atoms with Gasteiger partial charge in [0.2, 0.25) is 0 Å². The maximum absolute atomic E-state index is 2.47. The molecule has 0 unspecified atom stereocenters. The third-order valence-corrected chi connectivity index (χ3v) is 7.21. The molecule has 0 aliphatic rings. The van der Waals surface area contributed by atoms with E-state index in [1.54, 1.807) is 0 Å². The van der Waals surface area contributed by atoms with Gasteiger partial charge in [0.25, 0.3) is 0 Å². The van der Waals surface area contributed by atoms with Gasteiger partial charge in [0, 0.05) is 0 Å². The molecule has 0 aromatic heterocycles. The van der Waals surface area contributed by atoms with Crippen molar-refractivity contribution < 1.29 is 0 Å². The van der Waals surface area contributed by atoms with E-state index < -0.39 is 7.26 Å². The third kappa shape index (κ3) is 5.48. The fraction of sp³-hybridized carbons (Fsp3) is 0.133. The van der Waals surface area contributed by atoms with Crippen LogP contribution in [-0.4, -0.2) is 32.9 Å². The molecule has 0 bridgehead atoms. The summed E-state index contributed by atoms with van der Waals surface area (Å²) in [4.78, 5) is 0. The van der Waals surface area contributed by atoms with Crippen LogP contribution in [0.3, 0.4) is 0 Å². The second kappa shape index (κ2) is 10.2. The second-order valence-electron chi connectivity index (χ2n) is 9.62. The summed E-state index contributed by atoms with van der Waals surface area (Å²) in [5.41, 5.74) is 8.22. The fourth-order valence-corrected chi connectivity index (χ4v) is 5.93. The van der Waals surface area contributed by atoms with E-state index in [9.17, 15) is 0 Å². The van der Waals surface area contributed by atoms with Gasteiger partial charge in [0.05, 0.1) is 0 Å². The number of allylic oxidation sites excluding steroid dienone is 1. The summed E-state index contributed by atoms with van der Waals surface area (Å²) in [7, 11) is -1.40. The van der Waals surface area contributed by atoms with Crippen LogP contribution in [-0.2, 0) is 0 Å². The van der Waals surface area contributed by atoms with Crippen molar-refractivity contribution in [2.45, 2.75) is 0 Å². The zero-order chi connectivity index (χ0) is 22.4. The van der Waals surface area contributed by atoms with Crippen LogP contribution in [0.15, 0.2) is 121 Å². The molecule has 0 saturated heterocycles. The van der Waals surface area contributed by atoms with Crippen LogP contribution < -0.4 is 10.9 Å². The Morgan fingerprint density at radius 3 is 1.31 bits per heavy atom. The first-order valence-corrected chi connectivity index (χ1v) is 15.2. The molecule has 0 saturated carbocycles. The van der Waals surface area contributed by atoms with Crippen molar-refractivity contribution in [2.75, 3.05) is 26.2 Å². The molecule has 4 rings (SSSR count). The molecule has 0 aliphatic heterocycles. The third-order valence-electron chi connectivity index (χ3n) is 5.79. The van der Waals surface area contributed by atoms with Gasteiger partial charge in [-0.05, 0) is 0 Å². The number of hydrogen-bond acceptors (Lipinski definition) is 0. The molecule has 0 heterocycles. The number of rotatable bonds is 7. The second-order valence-corrected chi connectivity index (χ2v) is 15.1. The molecule has 4 aromatic carbocycles. The predicted octanol–water partition coefficient (Wildman–Crippen LogP) is 6.09. The van der Waals surface area contributed by atoms with Crippen LogP contribution >= 0.6 is 7.26 Å². The van der Waals surface area contributed by atoms with Crippen molar-refractivity contribution in [1.82, 2.24) is 0 Å². The van der Waals surface area contributed by atoms with E-state index in [1.165, 1.54) is 33.1 Å². The van der Waals surface area contributed by atoms with Crippen molar-refractivity contribution in [3.05, 3.63) is 132 Å². The predicted molar refractivity (Wildman–Crippen MR) is 149 cm³/mol. The summed E-state index contributed by atoms with van der Waals surface area (Å²) in [6, 6.07) is 44.0. The Morgan fingerprint density at radius 2 is 0.906 bits per heavy atom. The normalized spacial score (nSPS) is 12.7. The van der Waals surface area contributed by atoms with Gasteiger partial charge in [-0.3, -0.25) is 0 Å². The van der Waals surface area contributed by atoms with E-state index >= 15 is 0 Å². The molecule has 4 aromatic rings. The molecule has 32 heavy (non-hydrogen) atoms. The molecule has 0 N–H and O–H groups in total. The molecule has 160 valence electrons. The fourth-order valence-electron chi connectivity index (χ4n) is 4.47. The molecular formula is C30H32BP. The van der Waals surface area contributed by atoms with Crippen LogP contribution in [0.4, 0.5) is 0 Å². The first-order valence-electron chi connectivity index (χ1n) is 11.5. The molecule has 0 nitrogen and oxygen atoms in total. The van der Waals surface area contributed by atoms with Gasteiger partial charge in [-0.15, -0.1) is 0 Å². The molecule has 0 spiro atoms. The van der Waals surface area contributed by atoms with Gasteiger partial charge in [0.15, 0.2) is 0 Å². The van der Waals surface area contributed by atoms with E-state index in [4.69, 9.17) is 0 Å². The Balaban J connectivity index is 2.08. The molecular weight excluding hydrogens is 402 g/mol. The van der Waals surface area contributed by atoms with Crippen molar-refractivity contribution in [2.24, 2.45) is 0 Å². The van der Waals surface area contributed by atoms with Crippen LogP contribution in [0.2, 0.25) is 0 Å². The average Bonchev–Trinajstić information content (AvgIpc) is 2.83. The number of benzene rings is 4. The molecule has 0 atom stereocenters. The van der Waals surface area contributed by atoms with Crippen molar-refractivity contribution >= 4 is 35.9 Å². The summed E-state index contributed by atoms with van der Waals surface area (Å²) < 4.78 is 0. The minimum absolute atomic E-state index is 0.173. The minimum atomic E-state index is -1.40. The Bertz CT molecular complexity index is 1110. The first kappa shape index (κ1) is 22.3. The van der Waals surface area contributed by atoms with Gasteiger partial charge in [-0.25, -0.2) is 0 Å². The summed E-state index contributed by atoms with van der Waals surface area (Å²) in [6.07, 6.45) is 1.14. The maximum atomic E-state index is 2.47. The first-order chi connectivity index (χ1) is 15.5. The summed E-state index contributed by atoms with van der Waals surface area (Å²) in [6.45, 7) is 7.59. The van der Waals surface area contributed by atoms with E-state index in [0.717, 1.165) is 6.16 Å². The van der Waals surface area contributed by atoms with Gasteiger partial charge in [-0.1, -0.05) is 0 Å². The van der Waals surface area contributed by atoms with Crippen LogP contribution in [0.1, 0.15) is 11.1 Å². The molecule has 2 heteroatoms. The van der Waals surface area contributed by atoms with Gasteiger partial charge in [-0.2, -0.15) is 0 Å². The zero-order valence-corrected chi connectivity index (χ0v) is 20.3. The Kier molecular flexibility index (Phi) is 7.08. The Labute approximate surface area is 194 Å². The molecule has 0 radical (unpaired) electrons. The summed E-state index contributed by atoms with van der Waals surface area (Å²) in [5, 5.41) is 0. The van der Waals surface area contributed by atoms with Crippen LogP contribution in [0.25, 0.3) is 11.0 Å². The van der Waals surface area contributed by atoms with Gasteiger partial charge >= 0.3 is 195 Å². The summed E-state index contributed by atoms with van der Waals surface area (Å²) in [5.74, 6) is 0. The topological polar surface area (TPSA) is 0 Å². The SMILES string of the molecule is C[PH](C)(C)C/C(=C(\B(c1ccccc1)c1ccccc1)c1ccccc1)c1ccccc1. The standard InChI is InChI=1S/C30H32BP/c1-32(2,3)24-29(25-16-8-4-9-17-25)30(26-18-10-5-11-19-26)31(27-20-12-6-13-21-27)28-22-14-7-15-23-28/h4-23,32H,24H2,1-3H3/b30-29+. The van der Waals surface area contributed by atoms with E-state index in [0.29, 0.717) is 0 Å². The number of hydrogen-bond donors (Lipinski definition) is 0. The average molecular weight is 434 g/mol. The van der Waals surface area contributed by atoms with Crippen molar-refractivity contribution in [3.63, 3.8) is 0 Å². The molecule has 0 aliphatic carbocycles. The zero-order valence-electron chi connectivity index (χ0n) is 19.3. The van der Waals surface area contributed by atoms with Crippen molar-refractivity contribution in [3.8, 4) is 0 Å². The molecule has 0 fully saturated rings. The Morgan fingerprint density at radius 1 is 0.531 bits per heavy atom. The van der Waals surface area contributed by atoms with Crippen LogP contribution in [0, 0.1) is 0 Å². The van der Waals surface area contributed by atoms with Gasteiger partial charge in [0.1, 0.15) is 0 Å². The van der Waals surface area contributed by atoms with E-state index in [1.807, 2.05) is 0 Å². The summed E-state index contributed by atoms with van der Waals surface area (Å²) >= 11 is 0. The molecule has 0 amide bonds.